The van der Waals surface area contributed by atoms with Crippen molar-refractivity contribution < 1.29 is 17.9 Å². The quantitative estimate of drug-likeness (QED) is 0.584. The number of aryl methyl sites for hydroxylation is 3. The van der Waals surface area contributed by atoms with Crippen LogP contribution in [0.15, 0.2) is 33.8 Å². The molecule has 0 amide bonds. The van der Waals surface area contributed by atoms with Crippen LogP contribution < -0.4 is 0 Å². The summed E-state index contributed by atoms with van der Waals surface area (Å²) in [4.78, 5) is 16.4. The molecule has 0 unspecified atom stereocenters. The van der Waals surface area contributed by atoms with E-state index in [0.717, 1.165) is 9.65 Å². The summed E-state index contributed by atoms with van der Waals surface area (Å²) in [5, 5.41) is 4.31. The number of fused-ring (bicyclic) bond motifs is 1. The first-order valence-corrected chi connectivity index (χ1v) is 9.86. The molecule has 0 fully saturated rings. The number of nitrogens with zero attached hydrogens (tertiary/aromatic N) is 3. The molecule has 26 heavy (non-hydrogen) atoms. The molecule has 3 rings (SSSR count). The van der Waals surface area contributed by atoms with E-state index < -0.39 is 16.0 Å². The predicted molar refractivity (Wildman–Crippen MR) is 99.8 cm³/mol. The van der Waals surface area contributed by atoms with Crippen LogP contribution in [0.3, 0.4) is 0 Å². The van der Waals surface area contributed by atoms with Gasteiger partial charge in [0.05, 0.1) is 17.4 Å². The fourth-order valence-electron chi connectivity index (χ4n) is 3.03. The molecule has 0 bridgehead atoms. The molecule has 7 nitrogen and oxygen atoms in total. The van der Waals surface area contributed by atoms with Crippen LogP contribution in [0.4, 0.5) is 0 Å². The topological polar surface area (TPSA) is 91.1 Å². The maximum Gasteiger partial charge on any atom is 0.359 e. The van der Waals surface area contributed by atoms with E-state index in [1.165, 1.54) is 13.3 Å². The van der Waals surface area contributed by atoms with Crippen LogP contribution in [0.1, 0.15) is 27.2 Å². The molecule has 136 valence electrons. The normalized spacial score (nSPS) is 11.7. The molecule has 2 aromatic heterocycles. The summed E-state index contributed by atoms with van der Waals surface area (Å²) in [5.41, 5.74) is 2.11. The average molecular weight is 438 g/mol. The highest BCUT2D eigenvalue weighted by Crippen LogP contribution is 2.28. The van der Waals surface area contributed by atoms with E-state index in [-0.39, 0.29) is 21.6 Å². The number of ether oxygens (including phenoxy) is 1. The van der Waals surface area contributed by atoms with Crippen molar-refractivity contribution in [1.82, 2.24) is 14.2 Å². The molecule has 0 saturated heterocycles. The fourth-order valence-corrected chi connectivity index (χ4v) is 5.02. The zero-order chi connectivity index (χ0) is 19.2. The highest BCUT2D eigenvalue weighted by molar-refractivity contribution is 9.10. The van der Waals surface area contributed by atoms with Gasteiger partial charge in [0.15, 0.2) is 11.3 Å². The van der Waals surface area contributed by atoms with Crippen molar-refractivity contribution in [2.45, 2.75) is 25.7 Å². The molecule has 0 spiro atoms. The van der Waals surface area contributed by atoms with E-state index in [2.05, 4.69) is 26.0 Å². The molecule has 9 heteroatoms. The van der Waals surface area contributed by atoms with Gasteiger partial charge < -0.3 is 4.74 Å². The summed E-state index contributed by atoms with van der Waals surface area (Å²) in [7, 11) is -2.85. The number of benzene rings is 1. The lowest BCUT2D eigenvalue weighted by Crippen LogP contribution is -2.18. The number of hydrogen-bond acceptors (Lipinski definition) is 6. The van der Waals surface area contributed by atoms with Crippen LogP contribution in [-0.4, -0.2) is 35.7 Å². The Morgan fingerprint density at radius 2 is 1.77 bits per heavy atom. The second-order valence-electron chi connectivity index (χ2n) is 5.94. The molecule has 3 aromatic rings. The maximum absolute atomic E-state index is 13.3. The Balaban J connectivity index is 2.37. The van der Waals surface area contributed by atoms with Crippen LogP contribution in [0.5, 0.6) is 0 Å². The van der Waals surface area contributed by atoms with Gasteiger partial charge in [-0.25, -0.2) is 9.78 Å². The number of carbonyl (C=O) groups excluding carboxylic acids is 1. The van der Waals surface area contributed by atoms with E-state index in [9.17, 15) is 13.2 Å². The molecule has 0 radical (unpaired) electrons. The van der Waals surface area contributed by atoms with Gasteiger partial charge in [-0.1, -0.05) is 17.7 Å². The smallest absolute Gasteiger partial charge is 0.359 e. The van der Waals surface area contributed by atoms with E-state index >= 15 is 0 Å². The molecule has 0 aliphatic rings. The van der Waals surface area contributed by atoms with Crippen molar-refractivity contribution >= 4 is 43.0 Å². The van der Waals surface area contributed by atoms with Crippen molar-refractivity contribution in [2.75, 3.05) is 7.11 Å². The number of carbonyl (C=O) groups is 1. The molecule has 0 atom stereocenters. The highest BCUT2D eigenvalue weighted by atomic mass is 79.9. The number of pyridine rings is 1. The Morgan fingerprint density at radius 3 is 2.35 bits per heavy atom. The minimum absolute atomic E-state index is 0.0629. The van der Waals surface area contributed by atoms with Crippen molar-refractivity contribution in [3.8, 4) is 0 Å². The highest BCUT2D eigenvalue weighted by Gasteiger charge is 2.29. The first-order valence-electron chi connectivity index (χ1n) is 7.63. The molecule has 1 aromatic carbocycles. The zero-order valence-corrected chi connectivity index (χ0v) is 17.0. The minimum Gasteiger partial charge on any atom is -0.464 e. The molecular weight excluding hydrogens is 422 g/mol. The first-order chi connectivity index (χ1) is 12.2. The van der Waals surface area contributed by atoms with Gasteiger partial charge in [-0.15, -0.1) is 9.19 Å². The largest absolute Gasteiger partial charge is 0.464 e. The summed E-state index contributed by atoms with van der Waals surface area (Å²) >= 11 is 3.27. The van der Waals surface area contributed by atoms with Gasteiger partial charge in [0.1, 0.15) is 0 Å². The maximum atomic E-state index is 13.3. The van der Waals surface area contributed by atoms with Gasteiger partial charge in [0, 0.05) is 10.7 Å². The summed E-state index contributed by atoms with van der Waals surface area (Å²) in [6.07, 6.45) is 1.45. The summed E-state index contributed by atoms with van der Waals surface area (Å²) in [6.45, 7) is 5.35. The van der Waals surface area contributed by atoms with Crippen LogP contribution in [0, 0.1) is 20.8 Å². The molecular formula is C17H16BrN3O4S. The van der Waals surface area contributed by atoms with Crippen molar-refractivity contribution in [3.63, 3.8) is 0 Å². The molecule has 2 heterocycles. The van der Waals surface area contributed by atoms with Gasteiger partial charge in [-0.05, 0) is 53.9 Å². The Hall–Kier alpha value is -2.26. The lowest BCUT2D eigenvalue weighted by molar-refractivity contribution is 0.0596. The van der Waals surface area contributed by atoms with E-state index in [1.807, 2.05) is 6.92 Å². The molecule has 0 aliphatic heterocycles. The number of esters is 1. The monoisotopic (exact) mass is 437 g/mol. The van der Waals surface area contributed by atoms with Crippen LogP contribution in [0.25, 0.3) is 11.0 Å². The molecule has 0 aliphatic carbocycles. The fraction of sp³-hybridized carbons (Fsp3) is 0.235. The Morgan fingerprint density at radius 1 is 1.15 bits per heavy atom. The number of halogens is 1. The molecule has 0 N–H and O–H groups in total. The van der Waals surface area contributed by atoms with Crippen molar-refractivity contribution in [3.05, 3.63) is 51.3 Å². The van der Waals surface area contributed by atoms with Crippen LogP contribution >= 0.6 is 15.9 Å². The number of hydrogen-bond donors (Lipinski definition) is 0. The predicted octanol–water partition coefficient (Wildman–Crippen LogP) is 3.14. The van der Waals surface area contributed by atoms with Gasteiger partial charge in [-0.2, -0.15) is 8.42 Å². The third kappa shape index (κ3) is 2.90. The number of aromatic nitrogens is 3. The lowest BCUT2D eigenvalue weighted by atomic mass is 10.1. The van der Waals surface area contributed by atoms with E-state index in [4.69, 9.17) is 4.74 Å². The summed E-state index contributed by atoms with van der Waals surface area (Å²) in [5.74, 6) is -0.735. The van der Waals surface area contributed by atoms with E-state index in [1.54, 1.807) is 32.0 Å². The molecule has 0 saturated carbocycles. The zero-order valence-electron chi connectivity index (χ0n) is 14.6. The minimum atomic E-state index is -4.06. The lowest BCUT2D eigenvalue weighted by Gasteiger charge is -2.12. The van der Waals surface area contributed by atoms with Gasteiger partial charge in [-0.3, -0.25) is 0 Å². The summed E-state index contributed by atoms with van der Waals surface area (Å²) < 4.78 is 32.7. The Labute approximate surface area is 159 Å². The van der Waals surface area contributed by atoms with Gasteiger partial charge >= 0.3 is 5.97 Å². The second kappa shape index (κ2) is 6.48. The van der Waals surface area contributed by atoms with E-state index in [0.29, 0.717) is 15.6 Å². The van der Waals surface area contributed by atoms with Gasteiger partial charge in [0.25, 0.3) is 10.0 Å². The number of methoxy groups -OCH3 is 1. The van der Waals surface area contributed by atoms with Crippen molar-refractivity contribution in [2.24, 2.45) is 0 Å². The van der Waals surface area contributed by atoms with Crippen molar-refractivity contribution in [1.29, 1.82) is 0 Å². The average Bonchev–Trinajstić information content (AvgIpc) is 2.92. The van der Waals surface area contributed by atoms with Crippen LogP contribution in [-0.2, 0) is 14.8 Å². The summed E-state index contributed by atoms with van der Waals surface area (Å²) in [6, 6.07) is 5.16. The van der Waals surface area contributed by atoms with Gasteiger partial charge in [0.2, 0.25) is 0 Å². The standard InChI is InChI=1S/C17H16BrN3O4S/c1-9-5-10(2)15(11(3)6-9)26(23,24)21-16-13(7-12(18)8-19-16)14(20-21)17(22)25-4/h5-8H,1-4H3. The van der Waals surface area contributed by atoms with Crippen LogP contribution in [0.2, 0.25) is 0 Å². The Bertz CT molecular complexity index is 1130. The third-order valence-electron chi connectivity index (χ3n) is 3.93. The second-order valence-corrected chi connectivity index (χ2v) is 8.56. The first kappa shape index (κ1) is 18.5. The third-order valence-corrected chi connectivity index (χ3v) is 6.23. The SMILES string of the molecule is COC(=O)c1nn(S(=O)(=O)c2c(C)cc(C)cc2C)c2ncc(Br)cc12. The number of rotatable bonds is 3. The Kier molecular flexibility index (Phi) is 4.61.